The highest BCUT2D eigenvalue weighted by Crippen LogP contribution is 2.32. The minimum absolute atomic E-state index is 0.237. The Bertz CT molecular complexity index is 1120. The molecule has 1 atom stereocenters. The number of carbonyl (C=O) groups excluding carboxylic acids is 1. The Morgan fingerprint density at radius 1 is 0.969 bits per heavy atom. The fourth-order valence-corrected chi connectivity index (χ4v) is 4.38. The Morgan fingerprint density at radius 3 is 2.47 bits per heavy atom. The van der Waals surface area contributed by atoms with Gasteiger partial charge in [-0.3, -0.25) is 4.90 Å². The van der Waals surface area contributed by atoms with Crippen molar-refractivity contribution in [1.29, 1.82) is 0 Å². The molecular weight excluding hydrogens is 418 g/mol. The van der Waals surface area contributed by atoms with Gasteiger partial charge in [-0.2, -0.15) is 0 Å². The first-order chi connectivity index (χ1) is 15.6. The number of aromatic nitrogens is 4. The maximum atomic E-state index is 15.2. The lowest BCUT2D eigenvalue weighted by Gasteiger charge is -2.29. The molecule has 0 aliphatic carbocycles. The highest BCUT2D eigenvalue weighted by molar-refractivity contribution is 5.71. The maximum Gasteiger partial charge on any atom is 0.411 e. The van der Waals surface area contributed by atoms with Gasteiger partial charge in [0.05, 0.1) is 12.2 Å². The van der Waals surface area contributed by atoms with E-state index in [1.807, 2.05) is 4.90 Å². The van der Waals surface area contributed by atoms with Crippen LogP contribution in [0.25, 0.3) is 11.1 Å². The van der Waals surface area contributed by atoms with Gasteiger partial charge in [-0.05, 0) is 59.0 Å². The van der Waals surface area contributed by atoms with Crippen molar-refractivity contribution in [2.75, 3.05) is 31.1 Å². The Hall–Kier alpha value is -3.56. The molecule has 5 rings (SSSR count). The van der Waals surface area contributed by atoms with Crippen molar-refractivity contribution in [3.8, 4) is 11.1 Å². The number of hydrogen-bond donors (Lipinski definition) is 0. The second-order valence-electron chi connectivity index (χ2n) is 7.92. The molecule has 166 valence electrons. The van der Waals surface area contributed by atoms with Crippen molar-refractivity contribution in [3.63, 3.8) is 0 Å². The predicted octanol–water partition coefficient (Wildman–Crippen LogP) is 3.61. The Morgan fingerprint density at radius 2 is 1.81 bits per heavy atom. The van der Waals surface area contributed by atoms with Gasteiger partial charge in [-0.25, -0.2) is 18.3 Å². The van der Waals surface area contributed by atoms with Gasteiger partial charge < -0.3 is 9.64 Å². The van der Waals surface area contributed by atoms with Crippen LogP contribution in [0.1, 0.15) is 31.0 Å². The van der Waals surface area contributed by atoms with Crippen molar-refractivity contribution in [2.24, 2.45) is 0 Å². The van der Waals surface area contributed by atoms with Crippen molar-refractivity contribution < 1.29 is 18.3 Å². The molecule has 3 aromatic rings. The summed E-state index contributed by atoms with van der Waals surface area (Å²) in [6, 6.07) is 9.42. The molecule has 0 unspecified atom stereocenters. The molecule has 0 bridgehead atoms. The molecular formula is C22H22F2N6O2. The quantitative estimate of drug-likeness (QED) is 0.603. The molecule has 10 heteroatoms. The lowest BCUT2D eigenvalue weighted by molar-refractivity contribution is 0.139. The molecule has 2 aromatic carbocycles. The van der Waals surface area contributed by atoms with E-state index < -0.39 is 18.1 Å². The van der Waals surface area contributed by atoms with Crippen LogP contribution in [0.4, 0.5) is 19.3 Å². The number of halogens is 2. The first kappa shape index (κ1) is 20.3. The van der Waals surface area contributed by atoms with Gasteiger partial charge in [0.2, 0.25) is 0 Å². The fraction of sp³-hybridized carbons (Fsp3) is 0.364. The largest absolute Gasteiger partial charge is 0.447 e. The van der Waals surface area contributed by atoms with Crippen LogP contribution in [0.5, 0.6) is 0 Å². The number of cyclic esters (lactones) is 1. The zero-order valence-electron chi connectivity index (χ0n) is 17.3. The number of piperidine rings is 1. The minimum Gasteiger partial charge on any atom is -0.447 e. The van der Waals surface area contributed by atoms with Gasteiger partial charge in [-0.15, -0.1) is 5.10 Å². The second kappa shape index (κ2) is 8.52. The van der Waals surface area contributed by atoms with Gasteiger partial charge >= 0.3 is 6.09 Å². The van der Waals surface area contributed by atoms with Crippen molar-refractivity contribution in [2.45, 2.75) is 25.4 Å². The molecule has 32 heavy (non-hydrogen) atoms. The Kier molecular flexibility index (Phi) is 5.42. The van der Waals surface area contributed by atoms with Crippen LogP contribution in [0.3, 0.4) is 0 Å². The highest BCUT2D eigenvalue weighted by atomic mass is 19.1. The zero-order chi connectivity index (χ0) is 22.1. The van der Waals surface area contributed by atoms with E-state index in [0.29, 0.717) is 23.4 Å². The van der Waals surface area contributed by atoms with E-state index in [4.69, 9.17) is 4.74 Å². The van der Waals surface area contributed by atoms with Gasteiger partial charge in [0.15, 0.2) is 6.17 Å². The normalized spacial score (nSPS) is 17.5. The average Bonchev–Trinajstić information content (AvgIpc) is 3.48. The average molecular weight is 440 g/mol. The van der Waals surface area contributed by atoms with E-state index in [1.54, 1.807) is 24.3 Å². The van der Waals surface area contributed by atoms with E-state index >= 15 is 4.39 Å². The third-order valence-corrected chi connectivity index (χ3v) is 5.95. The number of ether oxygens (including phenoxy) is 1. The Balaban J connectivity index is 1.46. The molecule has 2 aliphatic heterocycles. The SMILES string of the molecule is O=C1OCCN1[C@@H](c1ccc(-c2ccc(N3CCCCC3)c(F)c2)c(F)c1)n1cnnn1. The monoisotopic (exact) mass is 440 g/mol. The summed E-state index contributed by atoms with van der Waals surface area (Å²) < 4.78 is 36.4. The van der Waals surface area contributed by atoms with Crippen LogP contribution in [0.15, 0.2) is 42.7 Å². The number of nitrogens with zero attached hydrogens (tertiary/aromatic N) is 6. The number of benzene rings is 2. The van der Waals surface area contributed by atoms with Crippen LogP contribution < -0.4 is 4.90 Å². The highest BCUT2D eigenvalue weighted by Gasteiger charge is 2.33. The summed E-state index contributed by atoms with van der Waals surface area (Å²) in [5.74, 6) is -0.891. The van der Waals surface area contributed by atoms with Gasteiger partial charge in [0, 0.05) is 18.7 Å². The third kappa shape index (κ3) is 3.76. The van der Waals surface area contributed by atoms with E-state index in [1.165, 1.54) is 28.0 Å². The summed E-state index contributed by atoms with van der Waals surface area (Å²) in [5.41, 5.74) is 1.75. The van der Waals surface area contributed by atoms with Crippen molar-refractivity contribution in [3.05, 3.63) is 59.9 Å². The number of carbonyl (C=O) groups is 1. The Labute approximate surface area is 183 Å². The minimum atomic E-state index is -0.748. The molecule has 8 nitrogen and oxygen atoms in total. The molecule has 2 aliphatic rings. The summed E-state index contributed by atoms with van der Waals surface area (Å²) in [5, 5.41) is 11.1. The van der Waals surface area contributed by atoms with E-state index in [-0.39, 0.29) is 18.0 Å². The van der Waals surface area contributed by atoms with E-state index in [2.05, 4.69) is 15.5 Å². The smallest absolute Gasteiger partial charge is 0.411 e. The fourth-order valence-electron chi connectivity index (χ4n) is 4.38. The summed E-state index contributed by atoms with van der Waals surface area (Å²) in [6.07, 6.45) is 3.34. The molecule has 3 heterocycles. The number of tetrazole rings is 1. The van der Waals surface area contributed by atoms with Crippen LogP contribution in [0, 0.1) is 11.6 Å². The molecule has 1 aromatic heterocycles. The van der Waals surface area contributed by atoms with E-state index in [9.17, 15) is 9.18 Å². The van der Waals surface area contributed by atoms with Crippen molar-refractivity contribution >= 4 is 11.8 Å². The number of hydrogen-bond acceptors (Lipinski definition) is 6. The lowest BCUT2D eigenvalue weighted by atomic mass is 10.0. The van der Waals surface area contributed by atoms with Gasteiger partial charge in [0.1, 0.15) is 24.6 Å². The molecule has 2 saturated heterocycles. The number of amides is 1. The first-order valence-electron chi connectivity index (χ1n) is 10.6. The standard InChI is InChI=1S/C22H22F2N6O2/c23-18-13-16(21(30-14-25-26-27-30)29-10-11-32-22(29)31)4-6-17(18)15-5-7-20(19(24)12-15)28-8-2-1-3-9-28/h4-7,12-14,21H,1-3,8-11H2/t21-/m1/s1. The summed E-state index contributed by atoms with van der Waals surface area (Å²) in [6.45, 7) is 2.23. The molecule has 0 N–H and O–H groups in total. The maximum absolute atomic E-state index is 15.2. The van der Waals surface area contributed by atoms with Crippen LogP contribution in [-0.4, -0.2) is 57.4 Å². The molecule has 0 radical (unpaired) electrons. The molecule has 2 fully saturated rings. The summed E-state index contributed by atoms with van der Waals surface area (Å²) in [4.78, 5) is 15.6. The van der Waals surface area contributed by atoms with Gasteiger partial charge in [0.25, 0.3) is 0 Å². The summed E-state index contributed by atoms with van der Waals surface area (Å²) in [7, 11) is 0. The lowest BCUT2D eigenvalue weighted by Crippen LogP contribution is -2.34. The second-order valence-corrected chi connectivity index (χ2v) is 7.92. The first-order valence-corrected chi connectivity index (χ1v) is 10.6. The van der Waals surface area contributed by atoms with Crippen LogP contribution in [-0.2, 0) is 4.74 Å². The topological polar surface area (TPSA) is 76.4 Å². The van der Waals surface area contributed by atoms with Crippen LogP contribution >= 0.6 is 0 Å². The van der Waals surface area contributed by atoms with Gasteiger partial charge in [-0.1, -0.05) is 18.2 Å². The third-order valence-electron chi connectivity index (χ3n) is 5.95. The molecule has 0 saturated carbocycles. The number of anilines is 1. The van der Waals surface area contributed by atoms with Crippen molar-refractivity contribution in [1.82, 2.24) is 25.1 Å². The zero-order valence-corrected chi connectivity index (χ0v) is 17.3. The van der Waals surface area contributed by atoms with Crippen LogP contribution in [0.2, 0.25) is 0 Å². The number of rotatable bonds is 5. The molecule has 0 spiro atoms. The molecule has 1 amide bonds. The summed E-state index contributed by atoms with van der Waals surface area (Å²) >= 11 is 0. The van der Waals surface area contributed by atoms with E-state index in [0.717, 1.165) is 32.4 Å². The predicted molar refractivity (Wildman–Crippen MR) is 112 cm³/mol.